The average molecular weight is 320 g/mol. The Balaban J connectivity index is 2.05. The van der Waals surface area contributed by atoms with Crippen LogP contribution in [0.25, 0.3) is 0 Å². The highest BCUT2D eigenvalue weighted by molar-refractivity contribution is 5.30. The van der Waals surface area contributed by atoms with Crippen LogP contribution in [0, 0.1) is 0 Å². The lowest BCUT2D eigenvalue weighted by molar-refractivity contribution is -0.185. The maximum Gasteiger partial charge on any atom is 0.426 e. The number of rotatable bonds is 8. The van der Waals surface area contributed by atoms with E-state index < -0.39 is 6.11 Å². The molecule has 0 aliphatic heterocycles. The minimum Gasteiger partial charge on any atom is -0.429 e. The summed E-state index contributed by atoms with van der Waals surface area (Å²) in [5.41, 5.74) is 1.91. The van der Waals surface area contributed by atoms with Gasteiger partial charge in [-0.15, -0.1) is 0 Å². The van der Waals surface area contributed by atoms with E-state index in [1.807, 2.05) is 12.1 Å². The van der Waals surface area contributed by atoms with Crippen LogP contribution in [0.1, 0.15) is 30.0 Å². The fourth-order valence-electron chi connectivity index (χ4n) is 2.31. The lowest BCUT2D eigenvalue weighted by atomic mass is 10.1. The summed E-state index contributed by atoms with van der Waals surface area (Å²) in [6, 6.07) is 13.0. The van der Waals surface area contributed by atoms with Crippen molar-refractivity contribution in [3.05, 3.63) is 65.2 Å². The Morgan fingerprint density at radius 1 is 0.870 bits per heavy atom. The molecule has 4 heteroatoms. The number of halogens is 2. The zero-order valence-electron chi connectivity index (χ0n) is 13.5. The van der Waals surface area contributed by atoms with Gasteiger partial charge in [0.2, 0.25) is 0 Å². The molecular formula is C19H22F2O2. The van der Waals surface area contributed by atoms with Crippen molar-refractivity contribution in [3.8, 4) is 5.75 Å². The number of hydrogen-bond donors (Lipinski definition) is 0. The molecular weight excluding hydrogens is 298 g/mol. The lowest BCUT2D eigenvalue weighted by Gasteiger charge is -2.18. The van der Waals surface area contributed by atoms with Crippen LogP contribution < -0.4 is 4.74 Å². The molecule has 0 aliphatic carbocycles. The summed E-state index contributed by atoms with van der Waals surface area (Å²) in [4.78, 5) is 0. The number of ether oxygens (including phenoxy) is 2. The first-order chi connectivity index (χ1) is 11.0. The lowest BCUT2D eigenvalue weighted by Crippen LogP contribution is -2.21. The molecule has 0 bridgehead atoms. The van der Waals surface area contributed by atoms with E-state index >= 15 is 0 Å². The highest BCUT2D eigenvalue weighted by Gasteiger charge is 2.34. The molecule has 124 valence electrons. The van der Waals surface area contributed by atoms with Crippen molar-refractivity contribution in [3.63, 3.8) is 0 Å². The van der Waals surface area contributed by atoms with E-state index in [-0.39, 0.29) is 11.3 Å². The van der Waals surface area contributed by atoms with E-state index in [0.29, 0.717) is 13.0 Å². The largest absolute Gasteiger partial charge is 0.429 e. The zero-order valence-corrected chi connectivity index (χ0v) is 13.5. The predicted molar refractivity (Wildman–Crippen MR) is 87.0 cm³/mol. The van der Waals surface area contributed by atoms with Crippen molar-refractivity contribution in [2.45, 2.75) is 32.3 Å². The minimum atomic E-state index is -3.36. The van der Waals surface area contributed by atoms with Crippen LogP contribution in [-0.4, -0.2) is 13.7 Å². The third-order valence-electron chi connectivity index (χ3n) is 3.59. The monoisotopic (exact) mass is 320 g/mol. The Morgan fingerprint density at radius 3 is 2.00 bits per heavy atom. The van der Waals surface area contributed by atoms with Crippen LogP contribution in [0.4, 0.5) is 8.78 Å². The molecule has 0 saturated heterocycles. The number of benzene rings is 2. The number of alkyl halides is 2. The molecule has 0 unspecified atom stereocenters. The number of methoxy groups -OCH3 is 1. The quantitative estimate of drug-likeness (QED) is 0.684. The van der Waals surface area contributed by atoms with Crippen molar-refractivity contribution in [1.29, 1.82) is 0 Å². The molecule has 0 heterocycles. The van der Waals surface area contributed by atoms with Crippen molar-refractivity contribution in [2.24, 2.45) is 0 Å². The van der Waals surface area contributed by atoms with E-state index in [4.69, 9.17) is 9.47 Å². The van der Waals surface area contributed by atoms with Gasteiger partial charge in [0.05, 0.1) is 12.2 Å². The van der Waals surface area contributed by atoms with Crippen LogP contribution in [0.2, 0.25) is 0 Å². The van der Waals surface area contributed by atoms with Gasteiger partial charge < -0.3 is 9.47 Å². The minimum absolute atomic E-state index is 0.156. The van der Waals surface area contributed by atoms with Gasteiger partial charge in [0.25, 0.3) is 0 Å². The molecule has 2 aromatic carbocycles. The Kier molecular flexibility index (Phi) is 6.11. The number of aryl methyl sites for hydroxylation is 1. The second-order valence-electron chi connectivity index (χ2n) is 5.45. The maximum atomic E-state index is 14.2. The van der Waals surface area contributed by atoms with Crippen LogP contribution in [-0.2, 0) is 23.7 Å². The van der Waals surface area contributed by atoms with E-state index in [9.17, 15) is 8.78 Å². The fraction of sp³-hybridized carbons (Fsp3) is 0.368. The normalized spacial score (nSPS) is 11.5. The molecule has 0 spiro atoms. The molecule has 0 radical (unpaired) electrons. The standard InChI is InChI=1S/C19H22F2O2/c1-3-4-15-7-11-18(12-8-15)23-19(20,21)17-9-5-16(6-10-17)13-14-22-2/h5-12H,3-4,13-14H2,1-2H3. The maximum absolute atomic E-state index is 14.2. The van der Waals surface area contributed by atoms with Crippen molar-refractivity contribution < 1.29 is 18.3 Å². The first-order valence-electron chi connectivity index (χ1n) is 7.79. The molecule has 0 saturated carbocycles. The highest BCUT2D eigenvalue weighted by atomic mass is 19.3. The van der Waals surface area contributed by atoms with E-state index in [0.717, 1.165) is 24.0 Å². The first-order valence-corrected chi connectivity index (χ1v) is 7.79. The van der Waals surface area contributed by atoms with Gasteiger partial charge in [0.1, 0.15) is 5.75 Å². The fourth-order valence-corrected chi connectivity index (χ4v) is 2.31. The van der Waals surface area contributed by atoms with Gasteiger partial charge in [-0.3, -0.25) is 0 Å². The van der Waals surface area contributed by atoms with Crippen molar-refractivity contribution in [1.82, 2.24) is 0 Å². The summed E-state index contributed by atoms with van der Waals surface area (Å²) in [5, 5.41) is 0. The highest BCUT2D eigenvalue weighted by Crippen LogP contribution is 2.31. The molecule has 0 fully saturated rings. The van der Waals surface area contributed by atoms with Gasteiger partial charge in [-0.1, -0.05) is 37.6 Å². The number of hydrogen-bond acceptors (Lipinski definition) is 2. The topological polar surface area (TPSA) is 18.5 Å². The van der Waals surface area contributed by atoms with E-state index in [1.54, 1.807) is 31.4 Å². The summed E-state index contributed by atoms with van der Waals surface area (Å²) in [5.74, 6) is 0.165. The Labute approximate surface area is 136 Å². The SMILES string of the molecule is CCCc1ccc(OC(F)(F)c2ccc(CCOC)cc2)cc1. The summed E-state index contributed by atoms with van der Waals surface area (Å²) < 4.78 is 38.3. The Hall–Kier alpha value is -1.94. The molecule has 2 nitrogen and oxygen atoms in total. The third-order valence-corrected chi connectivity index (χ3v) is 3.59. The van der Waals surface area contributed by atoms with Gasteiger partial charge in [0, 0.05) is 7.11 Å². The molecule has 0 aliphatic rings. The predicted octanol–water partition coefficient (Wildman–Crippen LogP) is 4.96. The van der Waals surface area contributed by atoms with Crippen LogP contribution in [0.15, 0.2) is 48.5 Å². The Bertz CT molecular complexity index is 592. The smallest absolute Gasteiger partial charge is 0.426 e. The van der Waals surface area contributed by atoms with Gasteiger partial charge >= 0.3 is 6.11 Å². The average Bonchev–Trinajstić information content (AvgIpc) is 2.55. The molecule has 2 aromatic rings. The molecule has 23 heavy (non-hydrogen) atoms. The summed E-state index contributed by atoms with van der Waals surface area (Å²) in [7, 11) is 1.61. The first kappa shape index (κ1) is 17.4. The van der Waals surface area contributed by atoms with E-state index in [1.165, 1.54) is 12.1 Å². The second-order valence-corrected chi connectivity index (χ2v) is 5.45. The zero-order chi connectivity index (χ0) is 16.7. The van der Waals surface area contributed by atoms with Gasteiger partial charge in [0.15, 0.2) is 0 Å². The van der Waals surface area contributed by atoms with Crippen molar-refractivity contribution in [2.75, 3.05) is 13.7 Å². The van der Waals surface area contributed by atoms with Gasteiger partial charge in [-0.05, 0) is 48.2 Å². The van der Waals surface area contributed by atoms with Gasteiger partial charge in [-0.2, -0.15) is 8.78 Å². The molecule has 0 atom stereocenters. The summed E-state index contributed by atoms with van der Waals surface area (Å²) in [6.45, 7) is 2.64. The van der Waals surface area contributed by atoms with Crippen LogP contribution >= 0.6 is 0 Å². The van der Waals surface area contributed by atoms with Gasteiger partial charge in [-0.25, -0.2) is 0 Å². The summed E-state index contributed by atoms with van der Waals surface area (Å²) in [6.07, 6.45) is -0.709. The van der Waals surface area contributed by atoms with E-state index in [2.05, 4.69) is 6.92 Å². The molecule has 2 rings (SSSR count). The second kappa shape index (κ2) is 8.06. The van der Waals surface area contributed by atoms with Crippen molar-refractivity contribution >= 4 is 0 Å². The summed E-state index contributed by atoms with van der Waals surface area (Å²) >= 11 is 0. The molecule has 0 aromatic heterocycles. The molecule has 0 N–H and O–H groups in total. The van der Waals surface area contributed by atoms with Crippen LogP contribution in [0.3, 0.4) is 0 Å². The van der Waals surface area contributed by atoms with Crippen LogP contribution in [0.5, 0.6) is 5.75 Å². The molecule has 0 amide bonds. The third kappa shape index (κ3) is 5.03. The Morgan fingerprint density at radius 2 is 1.43 bits per heavy atom.